The number of piperidine rings is 1. The van der Waals surface area contributed by atoms with Gasteiger partial charge in [-0.2, -0.15) is 4.98 Å². The summed E-state index contributed by atoms with van der Waals surface area (Å²) in [7, 11) is 1.63. The van der Waals surface area contributed by atoms with Gasteiger partial charge in [0.15, 0.2) is 0 Å². The van der Waals surface area contributed by atoms with E-state index in [2.05, 4.69) is 20.8 Å². The maximum Gasteiger partial charge on any atom is 0.226 e. The molecule has 2 aromatic rings. The number of aromatic nitrogens is 2. The Hall–Kier alpha value is -2.12. The molecule has 0 aliphatic carbocycles. The molecule has 2 unspecified atom stereocenters. The lowest BCUT2D eigenvalue weighted by molar-refractivity contribution is -0.122. The molecule has 4 rings (SSSR count). The molecular weight excluding hydrogens is 380 g/mol. The fourth-order valence-corrected chi connectivity index (χ4v) is 4.09. The van der Waals surface area contributed by atoms with Gasteiger partial charge in [0, 0.05) is 36.5 Å². The first-order valence-corrected chi connectivity index (χ1v) is 9.72. The molecule has 1 aromatic heterocycles. The first-order chi connectivity index (χ1) is 13.2. The van der Waals surface area contributed by atoms with Gasteiger partial charge >= 0.3 is 0 Å². The maximum absolute atomic E-state index is 12.2. The van der Waals surface area contributed by atoms with E-state index in [1.54, 1.807) is 7.11 Å². The lowest BCUT2D eigenvalue weighted by atomic mass is 9.99. The number of fused-ring (bicyclic) bond motifs is 2. The van der Waals surface area contributed by atoms with Crippen LogP contribution in [0.1, 0.15) is 44.4 Å². The summed E-state index contributed by atoms with van der Waals surface area (Å²) in [6.45, 7) is 0. The highest BCUT2D eigenvalue weighted by Crippen LogP contribution is 2.26. The van der Waals surface area contributed by atoms with Crippen LogP contribution in [0.25, 0.3) is 11.4 Å². The lowest BCUT2D eigenvalue weighted by Gasteiger charge is -2.29. The van der Waals surface area contributed by atoms with Crippen LogP contribution in [0.3, 0.4) is 0 Å². The third-order valence-corrected chi connectivity index (χ3v) is 5.45. The molecule has 28 heavy (non-hydrogen) atoms. The molecule has 1 aromatic carbocycles. The van der Waals surface area contributed by atoms with Crippen LogP contribution in [0.4, 0.5) is 0 Å². The van der Waals surface area contributed by atoms with Crippen molar-refractivity contribution < 1.29 is 14.1 Å². The second kappa shape index (κ2) is 9.39. The maximum atomic E-state index is 12.2. The Morgan fingerprint density at radius 1 is 1.25 bits per heavy atom. The number of halogens is 1. The summed E-state index contributed by atoms with van der Waals surface area (Å²) >= 11 is 0. The van der Waals surface area contributed by atoms with Crippen LogP contribution >= 0.6 is 12.4 Å². The number of amides is 1. The molecule has 0 saturated carbocycles. The van der Waals surface area contributed by atoms with Gasteiger partial charge in [-0.1, -0.05) is 5.16 Å². The number of rotatable bonds is 7. The van der Waals surface area contributed by atoms with Gasteiger partial charge in [-0.25, -0.2) is 0 Å². The average Bonchev–Trinajstić information content (AvgIpc) is 3.28. The van der Waals surface area contributed by atoms with Gasteiger partial charge in [-0.15, -0.1) is 12.4 Å². The van der Waals surface area contributed by atoms with Gasteiger partial charge in [0.25, 0.3) is 0 Å². The highest BCUT2D eigenvalue weighted by molar-refractivity contribution is 5.85. The van der Waals surface area contributed by atoms with Crippen molar-refractivity contribution in [1.29, 1.82) is 0 Å². The molecule has 0 radical (unpaired) electrons. The number of methoxy groups -OCH3 is 1. The van der Waals surface area contributed by atoms with Crippen LogP contribution in [0.15, 0.2) is 28.8 Å². The van der Waals surface area contributed by atoms with Crippen molar-refractivity contribution in [3.05, 3.63) is 30.2 Å². The Labute approximate surface area is 171 Å². The monoisotopic (exact) mass is 406 g/mol. The first-order valence-electron chi connectivity index (χ1n) is 9.72. The van der Waals surface area contributed by atoms with E-state index in [4.69, 9.17) is 9.26 Å². The fraction of sp³-hybridized carbons (Fsp3) is 0.550. The summed E-state index contributed by atoms with van der Waals surface area (Å²) < 4.78 is 10.5. The molecule has 2 fully saturated rings. The highest BCUT2D eigenvalue weighted by Gasteiger charge is 2.33. The summed E-state index contributed by atoms with van der Waals surface area (Å²) in [6.07, 6.45) is 6.38. The van der Waals surface area contributed by atoms with Crippen molar-refractivity contribution in [3.8, 4) is 17.1 Å². The zero-order chi connectivity index (χ0) is 18.6. The number of hydrogen-bond donors (Lipinski definition) is 2. The summed E-state index contributed by atoms with van der Waals surface area (Å²) in [5.41, 5.74) is 0.879. The van der Waals surface area contributed by atoms with Gasteiger partial charge in [-0.3, -0.25) is 4.79 Å². The van der Waals surface area contributed by atoms with Crippen LogP contribution in [0, 0.1) is 0 Å². The van der Waals surface area contributed by atoms with E-state index in [1.807, 2.05) is 24.3 Å². The van der Waals surface area contributed by atoms with Gasteiger partial charge in [0.2, 0.25) is 17.6 Å². The summed E-state index contributed by atoms with van der Waals surface area (Å²) in [5.74, 6) is 2.03. The zero-order valence-electron chi connectivity index (χ0n) is 16.0. The summed E-state index contributed by atoms with van der Waals surface area (Å²) in [4.78, 5) is 16.6. The van der Waals surface area contributed by atoms with E-state index in [0.29, 0.717) is 49.1 Å². The lowest BCUT2D eigenvalue weighted by Crippen LogP contribution is -2.48. The minimum atomic E-state index is 0. The molecule has 7 nitrogen and oxygen atoms in total. The number of ether oxygens (including phenoxy) is 1. The molecule has 8 heteroatoms. The molecule has 2 aliphatic heterocycles. The molecule has 0 spiro atoms. The van der Waals surface area contributed by atoms with Crippen LogP contribution in [-0.2, 0) is 11.2 Å². The minimum Gasteiger partial charge on any atom is -0.497 e. The van der Waals surface area contributed by atoms with Crippen molar-refractivity contribution in [2.75, 3.05) is 7.11 Å². The second-order valence-electron chi connectivity index (χ2n) is 7.47. The normalized spacial score (nSPS) is 23.1. The van der Waals surface area contributed by atoms with Crippen molar-refractivity contribution in [2.24, 2.45) is 0 Å². The average molecular weight is 407 g/mol. The quantitative estimate of drug-likeness (QED) is 0.734. The Kier molecular flexibility index (Phi) is 6.91. The van der Waals surface area contributed by atoms with Gasteiger partial charge in [0.1, 0.15) is 5.75 Å². The zero-order valence-corrected chi connectivity index (χ0v) is 16.8. The van der Waals surface area contributed by atoms with E-state index in [0.717, 1.165) is 24.2 Å². The first kappa shape index (κ1) is 20.6. The number of aryl methyl sites for hydroxylation is 1. The van der Waals surface area contributed by atoms with E-state index < -0.39 is 0 Å². The standard InChI is InChI=1S/C20H26N4O3.ClH/c1-26-17-9-5-13(6-10-17)20-23-19(27-24-20)4-2-3-18(25)22-16-11-14-7-8-15(12-16)21-14;/h5-6,9-10,14-16,21H,2-4,7-8,11-12H2,1H3,(H,22,25);1H. The number of carbonyl (C=O) groups is 1. The molecule has 2 N–H and O–H groups in total. The predicted octanol–water partition coefficient (Wildman–Crippen LogP) is 2.89. The number of nitrogens with zero attached hydrogens (tertiary/aromatic N) is 2. The van der Waals surface area contributed by atoms with Crippen LogP contribution < -0.4 is 15.4 Å². The molecule has 1 amide bonds. The summed E-state index contributed by atoms with van der Waals surface area (Å²) in [5, 5.41) is 10.8. The van der Waals surface area contributed by atoms with Gasteiger partial charge in [-0.05, 0) is 56.4 Å². The molecular formula is C20H27ClN4O3. The van der Waals surface area contributed by atoms with E-state index in [1.165, 1.54) is 12.8 Å². The smallest absolute Gasteiger partial charge is 0.226 e. The van der Waals surface area contributed by atoms with Crippen molar-refractivity contribution in [1.82, 2.24) is 20.8 Å². The number of hydrogen-bond acceptors (Lipinski definition) is 6. The molecule has 2 saturated heterocycles. The van der Waals surface area contributed by atoms with Gasteiger partial charge in [0.05, 0.1) is 7.11 Å². The van der Waals surface area contributed by atoms with Crippen molar-refractivity contribution in [2.45, 2.75) is 63.1 Å². The molecule has 2 atom stereocenters. The van der Waals surface area contributed by atoms with Crippen LogP contribution in [0.2, 0.25) is 0 Å². The number of nitrogens with one attached hydrogen (secondary N) is 2. The summed E-state index contributed by atoms with van der Waals surface area (Å²) in [6, 6.07) is 9.01. The Balaban J connectivity index is 0.00000225. The Morgan fingerprint density at radius 3 is 2.64 bits per heavy atom. The molecule has 2 aliphatic rings. The van der Waals surface area contributed by atoms with E-state index >= 15 is 0 Å². The number of carbonyl (C=O) groups excluding carboxylic acids is 1. The molecule has 2 bridgehead atoms. The van der Waals surface area contributed by atoms with Crippen molar-refractivity contribution in [3.63, 3.8) is 0 Å². The predicted molar refractivity (Wildman–Crippen MR) is 108 cm³/mol. The largest absolute Gasteiger partial charge is 0.497 e. The SMILES string of the molecule is COc1ccc(-c2noc(CCCC(=O)NC3CC4CCC(C3)N4)n2)cc1.Cl. The Morgan fingerprint density at radius 2 is 1.96 bits per heavy atom. The van der Waals surface area contributed by atoms with Gasteiger partial charge < -0.3 is 19.9 Å². The second-order valence-corrected chi connectivity index (χ2v) is 7.47. The highest BCUT2D eigenvalue weighted by atomic mass is 35.5. The molecule has 152 valence electrons. The fourth-order valence-electron chi connectivity index (χ4n) is 4.09. The van der Waals surface area contributed by atoms with E-state index in [-0.39, 0.29) is 18.3 Å². The van der Waals surface area contributed by atoms with Crippen LogP contribution in [-0.4, -0.2) is 41.3 Å². The Bertz CT molecular complexity index is 768. The topological polar surface area (TPSA) is 89.3 Å². The third-order valence-electron chi connectivity index (χ3n) is 5.45. The minimum absolute atomic E-state index is 0. The third kappa shape index (κ3) is 5.02. The number of benzene rings is 1. The van der Waals surface area contributed by atoms with Crippen molar-refractivity contribution >= 4 is 18.3 Å². The van der Waals surface area contributed by atoms with E-state index in [9.17, 15) is 4.79 Å². The van der Waals surface area contributed by atoms with Crippen LogP contribution in [0.5, 0.6) is 5.75 Å². The molecule has 3 heterocycles.